The van der Waals surface area contributed by atoms with Crippen LogP contribution in [-0.4, -0.2) is 60.1 Å². The van der Waals surface area contributed by atoms with Gasteiger partial charge in [0.2, 0.25) is 0 Å². The molecular weight excluding hydrogens is 587 g/mol. The van der Waals surface area contributed by atoms with E-state index < -0.39 is 24.3 Å². The molecule has 1 aromatic rings. The van der Waals surface area contributed by atoms with Gasteiger partial charge in [-0.3, -0.25) is 0 Å². The van der Waals surface area contributed by atoms with Gasteiger partial charge in [-0.15, -0.1) is 0 Å². The second-order valence-corrected chi connectivity index (χ2v) is 24.6. The van der Waals surface area contributed by atoms with E-state index in [1.165, 1.54) is 29.7 Å². The number of carboxylic acid groups (broad SMARTS) is 1. The third-order valence-corrected chi connectivity index (χ3v) is 24.3. The number of fused-ring (bicyclic) bond motifs is 1. The second kappa shape index (κ2) is 15.7. The van der Waals surface area contributed by atoms with E-state index in [1.54, 1.807) is 6.07 Å². The van der Waals surface area contributed by atoms with Gasteiger partial charge in [0.05, 0.1) is 6.04 Å². The van der Waals surface area contributed by atoms with Crippen molar-refractivity contribution in [2.24, 2.45) is 5.92 Å². The summed E-state index contributed by atoms with van der Waals surface area (Å²) in [6.45, 7) is 4.94. The van der Waals surface area contributed by atoms with Crippen LogP contribution in [0.3, 0.4) is 0 Å². The van der Waals surface area contributed by atoms with E-state index in [9.17, 15) is 19.5 Å². The van der Waals surface area contributed by atoms with Gasteiger partial charge in [0.25, 0.3) is 0 Å². The Labute approximate surface area is 232 Å². The SMILES string of the molecule is CCC[CH2][Sn]([CH2]CCC)([CH2]CCCOC(=O)CCCC[C@@H]1CC[C@@H]2NC(=O)N[C@H]12)[c]1cccc(C(=O)O)c1. The van der Waals surface area contributed by atoms with Crippen LogP contribution in [-0.2, 0) is 9.53 Å². The van der Waals surface area contributed by atoms with E-state index in [0.29, 0.717) is 24.5 Å². The number of nitrogens with one attached hydrogen (secondary N) is 2. The maximum absolute atomic E-state index is 12.3. The first-order chi connectivity index (χ1) is 18.4. The fraction of sp³-hybridized carbons (Fsp3) is 0.700. The molecule has 0 bridgehead atoms. The molecule has 0 aromatic heterocycles. The molecule has 2 fully saturated rings. The Hall–Kier alpha value is -1.77. The van der Waals surface area contributed by atoms with Gasteiger partial charge in [0.15, 0.2) is 0 Å². The summed E-state index contributed by atoms with van der Waals surface area (Å²) in [5.74, 6) is -0.441. The third kappa shape index (κ3) is 8.88. The number of amides is 2. The summed E-state index contributed by atoms with van der Waals surface area (Å²) < 4.78 is 10.6. The number of carboxylic acids is 1. The Morgan fingerprint density at radius 2 is 1.71 bits per heavy atom. The molecule has 3 N–H and O–H groups in total. The van der Waals surface area contributed by atoms with Gasteiger partial charge in [-0.1, -0.05) is 0 Å². The van der Waals surface area contributed by atoms with Crippen molar-refractivity contribution in [3.05, 3.63) is 29.8 Å². The predicted molar refractivity (Wildman–Crippen MR) is 154 cm³/mol. The molecule has 1 aliphatic carbocycles. The minimum atomic E-state index is -2.79. The van der Waals surface area contributed by atoms with Crippen LogP contribution < -0.4 is 14.2 Å². The first-order valence-electron chi connectivity index (χ1n) is 14.9. The van der Waals surface area contributed by atoms with Gasteiger partial charge < -0.3 is 10.6 Å². The number of ether oxygens (including phenoxy) is 1. The van der Waals surface area contributed by atoms with Crippen molar-refractivity contribution in [2.45, 2.75) is 116 Å². The van der Waals surface area contributed by atoms with Crippen molar-refractivity contribution in [1.82, 2.24) is 10.6 Å². The maximum atomic E-state index is 12.3. The average molecular weight is 635 g/mol. The molecule has 3 atom stereocenters. The van der Waals surface area contributed by atoms with Crippen LogP contribution in [0.4, 0.5) is 4.79 Å². The molecule has 1 aliphatic heterocycles. The van der Waals surface area contributed by atoms with E-state index in [1.807, 2.05) is 12.1 Å². The molecule has 0 radical (unpaired) electrons. The van der Waals surface area contributed by atoms with Crippen LogP contribution in [0.1, 0.15) is 101 Å². The fourth-order valence-corrected chi connectivity index (χ4v) is 22.2. The molecule has 1 saturated heterocycles. The van der Waals surface area contributed by atoms with Crippen LogP contribution in [0.2, 0.25) is 13.3 Å². The molecule has 3 rings (SSSR count). The summed E-state index contributed by atoms with van der Waals surface area (Å²) in [6.07, 6.45) is 12.2. The standard InChI is InChI=1S/C15H25N2O3.C7H5O2.2C4H9.Sn/c1-2-3-10-20-13(18)7-5-4-6-11-8-9-12-14(11)17-15(19)16-12;8-7(9)6-4-2-1-3-5-6;2*1-3-4-2;/h11-12,14H,1-10H2,(H2,16,17,19);1-2,4-5H,(H,8,9);2*1,3-4H2,2H3;/t11-,12+,14-;;;;/m1..../s1. The zero-order chi connectivity index (χ0) is 27.4. The summed E-state index contributed by atoms with van der Waals surface area (Å²) in [6, 6.07) is 8.29. The molecule has 38 heavy (non-hydrogen) atoms. The zero-order valence-electron chi connectivity index (χ0n) is 23.4. The van der Waals surface area contributed by atoms with E-state index >= 15 is 0 Å². The Bertz CT molecular complexity index is 916. The van der Waals surface area contributed by atoms with E-state index in [-0.39, 0.29) is 24.1 Å². The van der Waals surface area contributed by atoms with E-state index in [2.05, 4.69) is 30.5 Å². The number of urea groups is 1. The van der Waals surface area contributed by atoms with Gasteiger partial charge in [-0.25, -0.2) is 4.79 Å². The average Bonchev–Trinajstić information content (AvgIpc) is 3.46. The topological polar surface area (TPSA) is 105 Å². The van der Waals surface area contributed by atoms with E-state index in [0.717, 1.165) is 57.8 Å². The summed E-state index contributed by atoms with van der Waals surface area (Å²) in [4.78, 5) is 35.5. The Balaban J connectivity index is 1.41. The summed E-state index contributed by atoms with van der Waals surface area (Å²) >= 11 is -2.79. The van der Waals surface area contributed by atoms with Crippen molar-refractivity contribution in [3.63, 3.8) is 0 Å². The minimum absolute atomic E-state index is 0.0425. The monoisotopic (exact) mass is 636 g/mol. The number of hydrogen-bond acceptors (Lipinski definition) is 4. The molecule has 0 spiro atoms. The van der Waals surface area contributed by atoms with Crippen LogP contribution in [0.15, 0.2) is 24.3 Å². The van der Waals surface area contributed by atoms with Crippen molar-refractivity contribution < 1.29 is 24.2 Å². The van der Waals surface area contributed by atoms with Gasteiger partial charge in [-0.05, 0) is 6.42 Å². The molecule has 2 aliphatic rings. The zero-order valence-corrected chi connectivity index (χ0v) is 26.3. The Morgan fingerprint density at radius 1 is 0.974 bits per heavy atom. The molecule has 2 amide bonds. The first kappa shape index (κ1) is 30.8. The van der Waals surface area contributed by atoms with Crippen LogP contribution in [0.25, 0.3) is 0 Å². The normalized spacial score (nSPS) is 20.6. The predicted octanol–water partition coefficient (Wildman–Crippen LogP) is 5.98. The van der Waals surface area contributed by atoms with E-state index in [4.69, 9.17) is 4.74 Å². The van der Waals surface area contributed by atoms with Crippen molar-refractivity contribution in [3.8, 4) is 0 Å². The molecule has 212 valence electrons. The molecule has 1 aromatic carbocycles. The van der Waals surface area contributed by atoms with Gasteiger partial charge in [0.1, 0.15) is 0 Å². The number of hydrogen-bond donors (Lipinski definition) is 3. The fourth-order valence-electron chi connectivity index (χ4n) is 6.47. The number of unbranched alkanes of at least 4 members (excludes halogenated alkanes) is 4. The van der Waals surface area contributed by atoms with Gasteiger partial charge in [-0.2, -0.15) is 0 Å². The van der Waals surface area contributed by atoms with Crippen molar-refractivity contribution in [1.29, 1.82) is 0 Å². The molecule has 7 nitrogen and oxygen atoms in total. The molecule has 8 heteroatoms. The summed E-state index contributed by atoms with van der Waals surface area (Å²) in [5, 5.41) is 15.6. The molecule has 1 saturated carbocycles. The van der Waals surface area contributed by atoms with Crippen LogP contribution in [0, 0.1) is 5.92 Å². The number of rotatable bonds is 18. The number of benzene rings is 1. The number of carbonyl (C=O) groups excluding carboxylic acids is 2. The molecule has 0 unspecified atom stereocenters. The number of aromatic carboxylic acids is 1. The second-order valence-electron chi connectivity index (χ2n) is 11.4. The molecular formula is C30H48N2O5Sn. The number of carbonyl (C=O) groups is 3. The number of esters is 1. The van der Waals surface area contributed by atoms with Crippen LogP contribution >= 0.6 is 0 Å². The third-order valence-electron chi connectivity index (χ3n) is 8.66. The Morgan fingerprint density at radius 3 is 2.42 bits per heavy atom. The van der Waals surface area contributed by atoms with Gasteiger partial charge >= 0.3 is 206 Å². The van der Waals surface area contributed by atoms with Crippen LogP contribution in [0.5, 0.6) is 0 Å². The Kier molecular flexibility index (Phi) is 12.7. The van der Waals surface area contributed by atoms with Gasteiger partial charge in [0, 0.05) is 0 Å². The molecule has 1 heterocycles. The first-order valence-corrected chi connectivity index (χ1v) is 22.4. The quantitative estimate of drug-likeness (QED) is 0.105. The summed E-state index contributed by atoms with van der Waals surface area (Å²) in [5.41, 5.74) is 0.405. The summed E-state index contributed by atoms with van der Waals surface area (Å²) in [7, 11) is 0. The van der Waals surface area contributed by atoms with Crippen molar-refractivity contribution in [2.75, 3.05) is 6.61 Å². The van der Waals surface area contributed by atoms with Crippen molar-refractivity contribution >= 4 is 39.9 Å².